The Morgan fingerprint density at radius 3 is 2.79 bits per heavy atom. The van der Waals surface area contributed by atoms with E-state index in [4.69, 9.17) is 10.5 Å². The highest BCUT2D eigenvalue weighted by molar-refractivity contribution is 8.01. The first kappa shape index (κ1) is 23.0. The maximum Gasteiger partial charge on any atom is 0.327 e. The fourth-order valence-corrected chi connectivity index (χ4v) is 6.33. The topological polar surface area (TPSA) is 110 Å². The zero-order valence-corrected chi connectivity index (χ0v) is 20.5. The lowest BCUT2D eigenvalue weighted by Crippen LogP contribution is -2.54. The van der Waals surface area contributed by atoms with Crippen molar-refractivity contribution in [1.29, 1.82) is 0 Å². The molecule has 3 heterocycles. The minimum absolute atomic E-state index is 0.0250. The fraction of sp³-hybridized carbons (Fsp3) is 0.480. The number of nitrogens with one attached hydrogen (secondary N) is 2. The smallest absolute Gasteiger partial charge is 0.327 e. The summed E-state index contributed by atoms with van der Waals surface area (Å²) >= 11 is 1.41. The van der Waals surface area contributed by atoms with Gasteiger partial charge in [-0.2, -0.15) is 0 Å². The van der Waals surface area contributed by atoms with Crippen molar-refractivity contribution < 1.29 is 14.3 Å². The van der Waals surface area contributed by atoms with Gasteiger partial charge in [0.05, 0.1) is 23.5 Å². The number of hydrogen-bond donors (Lipinski definition) is 3. The van der Waals surface area contributed by atoms with E-state index in [1.807, 2.05) is 45.0 Å². The number of benzene rings is 1. The Kier molecular flexibility index (Phi) is 6.16. The quantitative estimate of drug-likeness (QED) is 0.597. The van der Waals surface area contributed by atoms with Crippen molar-refractivity contribution in [3.63, 3.8) is 0 Å². The number of amides is 3. The molecule has 1 aromatic carbocycles. The number of ether oxygens (including phenoxy) is 1. The van der Waals surface area contributed by atoms with Gasteiger partial charge in [0.2, 0.25) is 5.91 Å². The van der Waals surface area contributed by atoms with Crippen molar-refractivity contribution in [2.45, 2.75) is 81.0 Å². The first-order valence-electron chi connectivity index (χ1n) is 11.9. The van der Waals surface area contributed by atoms with Gasteiger partial charge >= 0.3 is 6.03 Å². The Morgan fingerprint density at radius 1 is 1.26 bits per heavy atom. The average molecular weight is 482 g/mol. The van der Waals surface area contributed by atoms with E-state index in [1.165, 1.54) is 11.8 Å². The summed E-state index contributed by atoms with van der Waals surface area (Å²) in [4.78, 5) is 32.9. The Labute approximate surface area is 204 Å². The van der Waals surface area contributed by atoms with Crippen molar-refractivity contribution >= 4 is 35.1 Å². The van der Waals surface area contributed by atoms with Gasteiger partial charge in [0.1, 0.15) is 16.0 Å². The van der Waals surface area contributed by atoms with Gasteiger partial charge in [-0.25, -0.2) is 9.78 Å². The summed E-state index contributed by atoms with van der Waals surface area (Å²) < 4.78 is 5.80. The molecule has 8 nitrogen and oxygen atoms in total. The monoisotopic (exact) mass is 481 g/mol. The van der Waals surface area contributed by atoms with Crippen LogP contribution in [0.2, 0.25) is 0 Å². The molecule has 0 saturated heterocycles. The minimum Gasteiger partial charge on any atom is -0.491 e. The molecule has 0 bridgehead atoms. The lowest BCUT2D eigenvalue weighted by molar-refractivity contribution is -0.122. The number of hydrogen-bond acceptors (Lipinski definition) is 6. The molecule has 0 radical (unpaired) electrons. The molecule has 3 amide bonds. The van der Waals surface area contributed by atoms with E-state index in [0.717, 1.165) is 59.0 Å². The molecule has 4 atom stereocenters. The van der Waals surface area contributed by atoms with Crippen molar-refractivity contribution in [3.05, 3.63) is 41.6 Å². The fourth-order valence-electron chi connectivity index (χ4n) is 5.09. The van der Waals surface area contributed by atoms with Crippen molar-refractivity contribution in [2.24, 2.45) is 5.73 Å². The number of nitrogens with zero attached hydrogens (tertiary/aromatic N) is 2. The van der Waals surface area contributed by atoms with Gasteiger partial charge in [0, 0.05) is 23.8 Å². The molecule has 2 aliphatic heterocycles. The van der Waals surface area contributed by atoms with Crippen LogP contribution in [-0.2, 0) is 4.79 Å². The number of pyridine rings is 1. The van der Waals surface area contributed by atoms with E-state index in [-0.39, 0.29) is 30.1 Å². The zero-order valence-electron chi connectivity index (χ0n) is 19.7. The second-order valence-electron chi connectivity index (χ2n) is 9.53. The van der Waals surface area contributed by atoms with Gasteiger partial charge in [0.15, 0.2) is 0 Å². The van der Waals surface area contributed by atoms with E-state index in [9.17, 15) is 9.59 Å². The summed E-state index contributed by atoms with van der Waals surface area (Å²) in [6, 6.07) is 6.82. The van der Waals surface area contributed by atoms with Gasteiger partial charge in [-0.15, -0.1) is 0 Å². The SMILES string of the molecule is Cc1cc(OC(C)C)ccc1N1C(=O)NC2c3c1ccnc3SC2C(=O)N[C@@H]1CCCC[C@@H]1N. The molecule has 3 aliphatic rings. The van der Waals surface area contributed by atoms with Crippen molar-refractivity contribution in [1.82, 2.24) is 15.6 Å². The van der Waals surface area contributed by atoms with Crippen molar-refractivity contribution in [3.8, 4) is 5.75 Å². The Morgan fingerprint density at radius 2 is 2.06 bits per heavy atom. The van der Waals surface area contributed by atoms with E-state index < -0.39 is 11.3 Å². The summed E-state index contributed by atoms with van der Waals surface area (Å²) in [6.45, 7) is 5.92. The molecular formula is C25H31N5O3S. The summed E-state index contributed by atoms with van der Waals surface area (Å²) in [5.41, 5.74) is 9.59. The Balaban J connectivity index is 1.43. The van der Waals surface area contributed by atoms with Crippen LogP contribution in [0.15, 0.2) is 35.5 Å². The molecule has 1 fully saturated rings. The molecular weight excluding hydrogens is 450 g/mol. The maximum absolute atomic E-state index is 13.4. The number of aryl methyl sites for hydroxylation is 1. The van der Waals surface area contributed by atoms with Gasteiger partial charge in [0.25, 0.3) is 0 Å². The van der Waals surface area contributed by atoms with Crippen LogP contribution < -0.4 is 26.0 Å². The van der Waals surface area contributed by atoms with E-state index in [2.05, 4.69) is 15.6 Å². The third-order valence-corrected chi connectivity index (χ3v) is 7.98. The third kappa shape index (κ3) is 4.11. The van der Waals surface area contributed by atoms with Crippen LogP contribution in [0.1, 0.15) is 56.7 Å². The predicted molar refractivity (Wildman–Crippen MR) is 133 cm³/mol. The van der Waals surface area contributed by atoms with Gasteiger partial charge in [-0.05, 0) is 63.4 Å². The molecule has 34 heavy (non-hydrogen) atoms. The van der Waals surface area contributed by atoms with Crippen LogP contribution >= 0.6 is 11.8 Å². The maximum atomic E-state index is 13.4. The number of urea groups is 1. The number of nitrogens with two attached hydrogens (primary N) is 1. The number of carbonyl (C=O) groups excluding carboxylic acids is 2. The highest BCUT2D eigenvalue weighted by Gasteiger charge is 2.47. The molecule has 1 saturated carbocycles. The lowest BCUT2D eigenvalue weighted by Gasteiger charge is -2.35. The van der Waals surface area contributed by atoms with Crippen LogP contribution in [0.5, 0.6) is 5.75 Å². The second kappa shape index (κ2) is 9.11. The molecule has 4 N–H and O–H groups in total. The van der Waals surface area contributed by atoms with E-state index in [0.29, 0.717) is 0 Å². The largest absolute Gasteiger partial charge is 0.491 e. The van der Waals surface area contributed by atoms with Gasteiger partial charge in [-0.3, -0.25) is 9.69 Å². The molecule has 1 aromatic heterocycles. The standard InChI is InChI=1S/C25H31N5O3S/c1-13(2)33-15-8-9-18(14(3)12-15)30-19-10-11-27-24-20(19)21(29-25(30)32)22(34-24)23(31)28-17-7-5-4-6-16(17)26/h8-13,16-17,21-22H,4-7,26H2,1-3H3,(H,28,31)(H,29,32)/t16-,17+,21?,22?/m0/s1. The molecule has 2 unspecified atom stereocenters. The first-order valence-corrected chi connectivity index (χ1v) is 12.8. The van der Waals surface area contributed by atoms with Crippen LogP contribution in [0, 0.1) is 6.92 Å². The molecule has 180 valence electrons. The summed E-state index contributed by atoms with van der Waals surface area (Å²) in [7, 11) is 0. The normalized spacial score (nSPS) is 25.7. The van der Waals surface area contributed by atoms with Gasteiger partial charge in [-0.1, -0.05) is 24.6 Å². The number of thioether (sulfide) groups is 1. The number of aromatic nitrogens is 1. The second-order valence-corrected chi connectivity index (χ2v) is 10.7. The van der Waals surface area contributed by atoms with Crippen molar-refractivity contribution in [2.75, 3.05) is 4.90 Å². The zero-order chi connectivity index (χ0) is 24.0. The Hall–Kier alpha value is -2.78. The summed E-state index contributed by atoms with van der Waals surface area (Å²) in [5, 5.41) is 6.53. The average Bonchev–Trinajstić information content (AvgIpc) is 3.16. The van der Waals surface area contributed by atoms with E-state index in [1.54, 1.807) is 11.1 Å². The third-order valence-electron chi connectivity index (χ3n) is 6.69. The lowest BCUT2D eigenvalue weighted by atomic mass is 9.90. The van der Waals surface area contributed by atoms with Crippen LogP contribution in [-0.4, -0.2) is 40.4 Å². The minimum atomic E-state index is -0.480. The summed E-state index contributed by atoms with van der Waals surface area (Å²) in [6.07, 6.45) is 5.75. The highest BCUT2D eigenvalue weighted by Crippen LogP contribution is 2.51. The van der Waals surface area contributed by atoms with E-state index >= 15 is 0 Å². The summed E-state index contributed by atoms with van der Waals surface area (Å²) in [5.74, 6) is 0.668. The molecule has 5 rings (SSSR count). The first-order chi connectivity index (χ1) is 16.3. The molecule has 2 aromatic rings. The number of anilines is 2. The molecule has 1 aliphatic carbocycles. The van der Waals surface area contributed by atoms with Crippen LogP contribution in [0.25, 0.3) is 0 Å². The number of carbonyl (C=O) groups is 2. The Bertz CT molecular complexity index is 1120. The highest BCUT2D eigenvalue weighted by atomic mass is 32.2. The van der Waals surface area contributed by atoms with Crippen LogP contribution in [0.4, 0.5) is 16.2 Å². The molecule has 0 spiro atoms. The van der Waals surface area contributed by atoms with Gasteiger partial charge < -0.3 is 21.1 Å². The number of rotatable bonds is 5. The van der Waals surface area contributed by atoms with Crippen LogP contribution in [0.3, 0.4) is 0 Å². The predicted octanol–water partition coefficient (Wildman–Crippen LogP) is 3.94. The molecule has 9 heteroatoms.